The summed E-state index contributed by atoms with van der Waals surface area (Å²) in [5.74, 6) is 0.0731. The number of anilines is 1. The van der Waals surface area contributed by atoms with E-state index in [-0.39, 0.29) is 24.2 Å². The minimum atomic E-state index is -0.167. The van der Waals surface area contributed by atoms with Gasteiger partial charge in [0.1, 0.15) is 5.01 Å². The molecule has 2 aromatic carbocycles. The number of carbonyl (C=O) groups excluding carboxylic acids is 2. The number of hydrogen-bond acceptors (Lipinski definition) is 5. The Morgan fingerprint density at radius 1 is 1.06 bits per heavy atom. The predicted octanol–water partition coefficient (Wildman–Crippen LogP) is 5.52. The number of halogens is 1. The van der Waals surface area contributed by atoms with Gasteiger partial charge in [-0.05, 0) is 30.5 Å². The van der Waals surface area contributed by atoms with Crippen LogP contribution in [0, 0.1) is 5.92 Å². The standard InChI is InChI=1S/C24H25BrN4O2S/c25-20-12-6-11-19(15-20)22-27-28-24(32-22)26-21(30)13-14-29(16-17-7-2-1-3-8-17)23(31)18-9-4-5-10-18/h1-3,6-8,11-12,15,18H,4-5,9-10,13-14,16H2,(H,26,28,30). The fourth-order valence-electron chi connectivity index (χ4n) is 3.93. The summed E-state index contributed by atoms with van der Waals surface area (Å²) in [5, 5.41) is 12.3. The van der Waals surface area contributed by atoms with E-state index in [1.807, 2.05) is 59.5 Å². The van der Waals surface area contributed by atoms with Crippen LogP contribution in [0.1, 0.15) is 37.7 Å². The van der Waals surface area contributed by atoms with E-state index in [4.69, 9.17) is 0 Å². The van der Waals surface area contributed by atoms with Crippen LogP contribution < -0.4 is 5.32 Å². The third-order valence-corrected chi connectivity index (χ3v) is 6.97. The van der Waals surface area contributed by atoms with Crippen molar-refractivity contribution in [2.75, 3.05) is 11.9 Å². The lowest BCUT2D eigenvalue weighted by Crippen LogP contribution is -2.37. The van der Waals surface area contributed by atoms with E-state index in [2.05, 4.69) is 31.4 Å². The van der Waals surface area contributed by atoms with Crippen LogP contribution in [0.3, 0.4) is 0 Å². The predicted molar refractivity (Wildman–Crippen MR) is 130 cm³/mol. The Morgan fingerprint density at radius 3 is 2.59 bits per heavy atom. The molecule has 1 saturated carbocycles. The molecule has 1 aliphatic carbocycles. The highest BCUT2D eigenvalue weighted by molar-refractivity contribution is 9.10. The largest absolute Gasteiger partial charge is 0.338 e. The zero-order valence-corrected chi connectivity index (χ0v) is 20.1. The summed E-state index contributed by atoms with van der Waals surface area (Å²) in [6.45, 7) is 0.905. The molecule has 3 aromatic rings. The molecule has 0 atom stereocenters. The van der Waals surface area contributed by atoms with Crippen LogP contribution in [0.15, 0.2) is 59.1 Å². The molecule has 166 valence electrons. The third-order valence-electron chi connectivity index (χ3n) is 5.58. The fraction of sp³-hybridized carbons (Fsp3) is 0.333. The summed E-state index contributed by atoms with van der Waals surface area (Å²) < 4.78 is 0.959. The van der Waals surface area contributed by atoms with Crippen molar-refractivity contribution in [2.45, 2.75) is 38.6 Å². The van der Waals surface area contributed by atoms with Crippen molar-refractivity contribution in [2.24, 2.45) is 5.92 Å². The smallest absolute Gasteiger partial charge is 0.227 e. The molecule has 32 heavy (non-hydrogen) atoms. The second kappa shape index (κ2) is 10.8. The van der Waals surface area contributed by atoms with Crippen LogP contribution in [0.4, 0.5) is 5.13 Å². The van der Waals surface area contributed by atoms with Crippen LogP contribution in [-0.4, -0.2) is 33.5 Å². The van der Waals surface area contributed by atoms with Crippen molar-refractivity contribution in [3.63, 3.8) is 0 Å². The molecule has 8 heteroatoms. The van der Waals surface area contributed by atoms with Gasteiger partial charge in [0.15, 0.2) is 0 Å². The van der Waals surface area contributed by atoms with Gasteiger partial charge in [-0.1, -0.05) is 82.6 Å². The number of rotatable bonds is 8. The average Bonchev–Trinajstić information content (AvgIpc) is 3.49. The van der Waals surface area contributed by atoms with E-state index in [0.29, 0.717) is 18.2 Å². The summed E-state index contributed by atoms with van der Waals surface area (Å²) >= 11 is 4.79. The normalized spacial score (nSPS) is 13.8. The molecule has 0 spiro atoms. The third kappa shape index (κ3) is 6.01. The highest BCUT2D eigenvalue weighted by Crippen LogP contribution is 2.29. The Hall–Kier alpha value is -2.58. The van der Waals surface area contributed by atoms with Crippen LogP contribution in [0.5, 0.6) is 0 Å². The van der Waals surface area contributed by atoms with Crippen LogP contribution in [0.25, 0.3) is 10.6 Å². The molecule has 6 nitrogen and oxygen atoms in total. The number of nitrogens with zero attached hydrogens (tertiary/aromatic N) is 3. The number of hydrogen-bond donors (Lipinski definition) is 1. The summed E-state index contributed by atoms with van der Waals surface area (Å²) in [6, 6.07) is 17.7. The Kier molecular flexibility index (Phi) is 7.65. The first-order valence-corrected chi connectivity index (χ1v) is 12.4. The maximum Gasteiger partial charge on any atom is 0.227 e. The van der Waals surface area contributed by atoms with Gasteiger partial charge in [0.05, 0.1) is 0 Å². The molecular formula is C24H25BrN4O2S. The number of nitrogens with one attached hydrogen (secondary N) is 1. The van der Waals surface area contributed by atoms with Gasteiger partial charge in [-0.25, -0.2) is 0 Å². The molecule has 0 aliphatic heterocycles. The summed E-state index contributed by atoms with van der Waals surface area (Å²) in [7, 11) is 0. The summed E-state index contributed by atoms with van der Waals surface area (Å²) in [4.78, 5) is 27.5. The molecule has 4 rings (SSSR count). The molecule has 1 N–H and O–H groups in total. The second-order valence-electron chi connectivity index (χ2n) is 7.95. The first-order valence-electron chi connectivity index (χ1n) is 10.8. The minimum absolute atomic E-state index is 0.0812. The monoisotopic (exact) mass is 512 g/mol. The van der Waals surface area contributed by atoms with E-state index < -0.39 is 0 Å². The van der Waals surface area contributed by atoms with Crippen molar-refractivity contribution in [1.29, 1.82) is 0 Å². The van der Waals surface area contributed by atoms with Crippen molar-refractivity contribution >= 4 is 44.2 Å². The molecule has 1 fully saturated rings. The number of carbonyl (C=O) groups is 2. The van der Waals surface area contributed by atoms with Crippen molar-refractivity contribution in [1.82, 2.24) is 15.1 Å². The van der Waals surface area contributed by atoms with Crippen molar-refractivity contribution in [3.05, 3.63) is 64.6 Å². The molecule has 0 unspecified atom stereocenters. The lowest BCUT2D eigenvalue weighted by Gasteiger charge is -2.25. The number of amides is 2. The van der Waals surface area contributed by atoms with E-state index >= 15 is 0 Å². The van der Waals surface area contributed by atoms with Gasteiger partial charge >= 0.3 is 0 Å². The van der Waals surface area contributed by atoms with Gasteiger partial charge in [-0.3, -0.25) is 9.59 Å². The van der Waals surface area contributed by atoms with Crippen LogP contribution >= 0.6 is 27.3 Å². The van der Waals surface area contributed by atoms with Crippen LogP contribution in [0.2, 0.25) is 0 Å². The fourth-order valence-corrected chi connectivity index (χ4v) is 5.09. The van der Waals surface area contributed by atoms with Gasteiger partial charge in [0.2, 0.25) is 16.9 Å². The number of aromatic nitrogens is 2. The minimum Gasteiger partial charge on any atom is -0.338 e. The zero-order chi connectivity index (χ0) is 22.3. The Labute approximate surface area is 200 Å². The molecule has 0 saturated heterocycles. The first kappa shape index (κ1) is 22.6. The maximum atomic E-state index is 13.1. The van der Waals surface area contributed by atoms with Crippen LogP contribution in [-0.2, 0) is 16.1 Å². The summed E-state index contributed by atoms with van der Waals surface area (Å²) in [6.07, 6.45) is 4.32. The van der Waals surface area contributed by atoms with E-state index in [0.717, 1.165) is 46.3 Å². The molecule has 1 aliphatic rings. The molecular weight excluding hydrogens is 488 g/mol. The van der Waals surface area contributed by atoms with Gasteiger partial charge < -0.3 is 10.2 Å². The molecule has 0 radical (unpaired) electrons. The molecule has 2 amide bonds. The summed E-state index contributed by atoms with van der Waals surface area (Å²) in [5.41, 5.74) is 2.01. The second-order valence-corrected chi connectivity index (χ2v) is 9.84. The molecule has 0 bridgehead atoms. The van der Waals surface area contributed by atoms with E-state index in [9.17, 15) is 9.59 Å². The van der Waals surface area contributed by atoms with E-state index in [1.165, 1.54) is 11.3 Å². The van der Waals surface area contributed by atoms with Crippen molar-refractivity contribution in [3.8, 4) is 10.6 Å². The first-order chi connectivity index (χ1) is 15.6. The van der Waals surface area contributed by atoms with Gasteiger partial charge in [0, 0.05) is 35.5 Å². The quantitative estimate of drug-likeness (QED) is 0.431. The molecule has 1 heterocycles. The Balaban J connectivity index is 1.37. The van der Waals surface area contributed by atoms with Gasteiger partial charge in [0.25, 0.3) is 0 Å². The zero-order valence-electron chi connectivity index (χ0n) is 17.7. The number of benzene rings is 2. The molecule has 1 aromatic heterocycles. The Bertz CT molecular complexity index is 1070. The van der Waals surface area contributed by atoms with Gasteiger partial charge in [-0.2, -0.15) is 0 Å². The topological polar surface area (TPSA) is 75.2 Å². The maximum absolute atomic E-state index is 13.1. The lowest BCUT2D eigenvalue weighted by molar-refractivity contribution is -0.136. The van der Waals surface area contributed by atoms with Gasteiger partial charge in [-0.15, -0.1) is 10.2 Å². The lowest BCUT2D eigenvalue weighted by atomic mass is 10.1. The SMILES string of the molecule is O=C(CCN(Cc1ccccc1)C(=O)C1CCCC1)Nc1nnc(-c2cccc(Br)c2)s1. The highest BCUT2D eigenvalue weighted by Gasteiger charge is 2.27. The average molecular weight is 513 g/mol. The Morgan fingerprint density at radius 2 is 1.84 bits per heavy atom. The van der Waals surface area contributed by atoms with E-state index in [1.54, 1.807) is 0 Å². The van der Waals surface area contributed by atoms with Crippen molar-refractivity contribution < 1.29 is 9.59 Å². The highest BCUT2D eigenvalue weighted by atomic mass is 79.9.